The zero-order valence-electron chi connectivity index (χ0n) is 27.6. The van der Waals surface area contributed by atoms with Gasteiger partial charge in [-0.25, -0.2) is 0 Å². The first-order valence-corrected chi connectivity index (χ1v) is 16.3. The molecule has 244 valence electrons. The number of carbonyl (C=O) groups is 1. The van der Waals surface area contributed by atoms with E-state index in [0.717, 1.165) is 22.2 Å². The maximum atomic E-state index is 14.6. The average molecular weight is 661 g/mol. The molecule has 4 aromatic carbocycles. The van der Waals surface area contributed by atoms with Crippen LogP contribution in [-0.4, -0.2) is 29.2 Å². The molecule has 1 aliphatic rings. The van der Waals surface area contributed by atoms with E-state index in [1.54, 1.807) is 29.4 Å². The number of hydrogen-bond acceptors (Lipinski definition) is 6. The van der Waals surface area contributed by atoms with Crippen LogP contribution < -0.4 is 19.8 Å². The number of carbonyl (C=O) groups excluding carboxylic acids is 1. The van der Waals surface area contributed by atoms with Crippen LogP contribution in [0.5, 0.6) is 11.5 Å². The molecule has 48 heavy (non-hydrogen) atoms. The molecule has 0 saturated carbocycles. The molecule has 2 heterocycles. The summed E-state index contributed by atoms with van der Waals surface area (Å²) in [6, 6.07) is 34.4. The van der Waals surface area contributed by atoms with E-state index in [9.17, 15) is 4.79 Å². The van der Waals surface area contributed by atoms with Gasteiger partial charge in [-0.15, -0.1) is 0 Å². The molecule has 0 radical (unpaired) electrons. The summed E-state index contributed by atoms with van der Waals surface area (Å²) in [5.41, 5.74) is 3.73. The molecular formula is C39H38BClN2O5. The summed E-state index contributed by atoms with van der Waals surface area (Å²) in [5, 5.41) is 0.304. The molecule has 1 aliphatic heterocycles. The topological polar surface area (TPSA) is 70.1 Å². The van der Waals surface area contributed by atoms with Gasteiger partial charge in [0.25, 0.3) is 5.91 Å². The van der Waals surface area contributed by atoms with E-state index >= 15 is 0 Å². The van der Waals surface area contributed by atoms with E-state index in [1.807, 2.05) is 125 Å². The van der Waals surface area contributed by atoms with Crippen LogP contribution in [0.3, 0.4) is 0 Å². The molecule has 0 bridgehead atoms. The normalized spacial score (nSPS) is 14.8. The lowest BCUT2D eigenvalue weighted by Crippen LogP contribution is -2.41. The minimum Gasteiger partial charge on any atom is -0.488 e. The predicted octanol–water partition coefficient (Wildman–Crippen LogP) is 8.04. The third-order valence-corrected chi connectivity index (χ3v) is 9.07. The highest BCUT2D eigenvalue weighted by Gasteiger charge is 2.51. The maximum absolute atomic E-state index is 14.6. The fourth-order valence-corrected chi connectivity index (χ4v) is 5.51. The molecule has 1 saturated heterocycles. The van der Waals surface area contributed by atoms with Crippen LogP contribution in [0, 0.1) is 0 Å². The molecule has 5 aromatic rings. The van der Waals surface area contributed by atoms with Gasteiger partial charge in [0, 0.05) is 24.1 Å². The number of amides is 1. The van der Waals surface area contributed by atoms with Crippen LogP contribution in [0.25, 0.3) is 0 Å². The van der Waals surface area contributed by atoms with Gasteiger partial charge in [-0.2, -0.15) is 0 Å². The van der Waals surface area contributed by atoms with Crippen molar-refractivity contribution in [3.63, 3.8) is 0 Å². The summed E-state index contributed by atoms with van der Waals surface area (Å²) in [7, 11) is -0.522. The van der Waals surface area contributed by atoms with Gasteiger partial charge in [-0.3, -0.25) is 9.78 Å². The summed E-state index contributed by atoms with van der Waals surface area (Å²) < 4.78 is 25.0. The summed E-state index contributed by atoms with van der Waals surface area (Å²) in [5.74, 6) is 0.494. The lowest BCUT2D eigenvalue weighted by atomic mass is 9.79. The van der Waals surface area contributed by atoms with Gasteiger partial charge in [0.15, 0.2) is 0 Å². The Morgan fingerprint density at radius 1 is 0.750 bits per heavy atom. The third-order valence-electron chi connectivity index (χ3n) is 8.78. The van der Waals surface area contributed by atoms with Gasteiger partial charge in [0.1, 0.15) is 24.7 Å². The van der Waals surface area contributed by atoms with Crippen LogP contribution in [0.2, 0.25) is 5.02 Å². The first-order valence-electron chi connectivity index (χ1n) is 15.9. The summed E-state index contributed by atoms with van der Waals surface area (Å²) in [6.07, 6.45) is 3.46. The Morgan fingerprint density at radius 3 is 1.88 bits per heavy atom. The monoisotopic (exact) mass is 660 g/mol. The molecule has 0 spiro atoms. The third kappa shape index (κ3) is 7.57. The zero-order valence-corrected chi connectivity index (χ0v) is 28.3. The molecule has 6 rings (SSSR count). The molecule has 1 aromatic heterocycles. The van der Waals surface area contributed by atoms with Crippen molar-refractivity contribution in [1.82, 2.24) is 4.98 Å². The van der Waals surface area contributed by atoms with E-state index < -0.39 is 18.3 Å². The number of nitrogens with zero attached hydrogens (tertiary/aromatic N) is 2. The first kappa shape index (κ1) is 33.3. The highest BCUT2D eigenvalue weighted by molar-refractivity contribution is 6.62. The van der Waals surface area contributed by atoms with Gasteiger partial charge >= 0.3 is 7.12 Å². The van der Waals surface area contributed by atoms with Crippen molar-refractivity contribution >= 4 is 35.8 Å². The zero-order chi connectivity index (χ0) is 33.7. The van der Waals surface area contributed by atoms with E-state index in [0.29, 0.717) is 34.4 Å². The Balaban J connectivity index is 1.34. The second-order valence-electron chi connectivity index (χ2n) is 12.8. The molecular weight excluding hydrogens is 623 g/mol. The molecule has 7 nitrogen and oxygen atoms in total. The molecule has 0 atom stereocenters. The Kier molecular flexibility index (Phi) is 9.87. The predicted molar refractivity (Wildman–Crippen MR) is 190 cm³/mol. The molecule has 0 aliphatic carbocycles. The lowest BCUT2D eigenvalue weighted by molar-refractivity contribution is 0.00578. The van der Waals surface area contributed by atoms with Crippen molar-refractivity contribution in [2.24, 2.45) is 0 Å². The number of rotatable bonds is 11. The number of halogens is 1. The van der Waals surface area contributed by atoms with E-state index in [2.05, 4.69) is 4.98 Å². The van der Waals surface area contributed by atoms with Crippen molar-refractivity contribution in [2.75, 3.05) is 4.90 Å². The van der Waals surface area contributed by atoms with E-state index in [1.165, 1.54) is 0 Å². The highest BCUT2D eigenvalue weighted by Crippen LogP contribution is 2.38. The highest BCUT2D eigenvalue weighted by atomic mass is 35.5. The van der Waals surface area contributed by atoms with Gasteiger partial charge in [0.2, 0.25) is 0 Å². The van der Waals surface area contributed by atoms with Gasteiger partial charge in [0.05, 0.1) is 28.3 Å². The maximum Gasteiger partial charge on any atom is 0.494 e. The van der Waals surface area contributed by atoms with Crippen molar-refractivity contribution in [1.29, 1.82) is 0 Å². The average Bonchev–Trinajstić information content (AvgIpc) is 3.33. The van der Waals surface area contributed by atoms with Crippen LogP contribution >= 0.6 is 11.6 Å². The van der Waals surface area contributed by atoms with E-state index in [4.69, 9.17) is 30.4 Å². The Hall–Kier alpha value is -4.63. The van der Waals surface area contributed by atoms with Crippen molar-refractivity contribution in [3.05, 3.63) is 149 Å². The Bertz CT molecular complexity index is 1820. The number of aromatic nitrogens is 1. The summed E-state index contributed by atoms with van der Waals surface area (Å²) in [6.45, 7) is 8.93. The lowest BCUT2D eigenvalue weighted by Gasteiger charge is -2.32. The Morgan fingerprint density at radius 2 is 1.31 bits per heavy atom. The van der Waals surface area contributed by atoms with Crippen molar-refractivity contribution in [3.8, 4) is 11.5 Å². The molecule has 9 heteroatoms. The second-order valence-corrected chi connectivity index (χ2v) is 13.2. The van der Waals surface area contributed by atoms with Crippen molar-refractivity contribution < 1.29 is 23.6 Å². The van der Waals surface area contributed by atoms with E-state index in [-0.39, 0.29) is 19.1 Å². The number of anilines is 1. The Labute approximate surface area is 287 Å². The standard InChI is InChI=1S/C39H38BClN2O5/c1-38(2)39(3,4)48-40(47-38)31-17-19-32(20-18-31)43(25-30-16-11-21-42-24-30)37(44)33-22-34(41)36(46-27-29-14-9-6-10-15-29)23-35(33)45-26-28-12-7-5-8-13-28/h5-24H,25-27H2,1-4H3. The quantitative estimate of drug-likeness (QED) is 0.134. The second kappa shape index (κ2) is 14.2. The van der Waals surface area contributed by atoms with Crippen LogP contribution in [0.4, 0.5) is 5.69 Å². The summed E-state index contributed by atoms with van der Waals surface area (Å²) >= 11 is 6.79. The minimum atomic E-state index is -0.522. The summed E-state index contributed by atoms with van der Waals surface area (Å²) in [4.78, 5) is 20.6. The van der Waals surface area contributed by atoms with Crippen LogP contribution in [0.1, 0.15) is 54.7 Å². The smallest absolute Gasteiger partial charge is 0.488 e. The number of hydrogen-bond donors (Lipinski definition) is 0. The van der Waals surface area contributed by atoms with Gasteiger partial charge < -0.3 is 23.7 Å². The molecule has 1 fully saturated rings. The fraction of sp³-hybridized carbons (Fsp3) is 0.231. The number of ether oxygens (including phenoxy) is 2. The largest absolute Gasteiger partial charge is 0.494 e. The minimum absolute atomic E-state index is 0.256. The fourth-order valence-electron chi connectivity index (χ4n) is 5.29. The van der Waals surface area contributed by atoms with Crippen LogP contribution in [0.15, 0.2) is 122 Å². The molecule has 0 unspecified atom stereocenters. The number of benzene rings is 4. The number of pyridine rings is 1. The SMILES string of the molecule is CC1(C)OB(c2ccc(N(Cc3cccnc3)C(=O)c3cc(Cl)c(OCc4ccccc4)cc3OCc3ccccc3)cc2)OC1(C)C. The van der Waals surface area contributed by atoms with Gasteiger partial charge in [-0.05, 0) is 74.1 Å². The van der Waals surface area contributed by atoms with Crippen molar-refractivity contribution in [2.45, 2.75) is 58.7 Å². The first-order chi connectivity index (χ1) is 23.1. The van der Waals surface area contributed by atoms with Gasteiger partial charge in [-0.1, -0.05) is 90.5 Å². The van der Waals surface area contributed by atoms with Crippen LogP contribution in [-0.2, 0) is 29.1 Å². The molecule has 1 amide bonds. The molecule has 0 N–H and O–H groups in total.